The molecule has 0 fully saturated rings. The molecular weight excluding hydrogens is 448 g/mol. The molecule has 0 aliphatic rings. The van der Waals surface area contributed by atoms with Crippen molar-refractivity contribution in [1.82, 2.24) is 4.98 Å². The number of aromatic nitrogens is 1. The second-order valence-corrected chi connectivity index (χ2v) is 7.32. The van der Waals surface area contributed by atoms with E-state index in [1.165, 1.54) is 0 Å². The molecule has 180 valence electrons. The quantitative estimate of drug-likeness (QED) is 0.330. The lowest BCUT2D eigenvalue weighted by Crippen LogP contribution is -2.26. The number of halogens is 2. The zero-order valence-corrected chi connectivity index (χ0v) is 18.4. The van der Waals surface area contributed by atoms with Crippen molar-refractivity contribution in [3.05, 3.63) is 65.7 Å². The fraction of sp³-hybridized carbons (Fsp3) is 0.250. The highest BCUT2D eigenvalue weighted by Crippen LogP contribution is 2.33. The van der Waals surface area contributed by atoms with Crippen LogP contribution in [0.4, 0.5) is 14.5 Å². The fourth-order valence-corrected chi connectivity index (χ4v) is 3.15. The van der Waals surface area contributed by atoms with E-state index in [1.54, 1.807) is 19.1 Å². The molecule has 0 saturated heterocycles. The molecule has 2 aromatic carbocycles. The first kappa shape index (κ1) is 24.9. The highest BCUT2D eigenvalue weighted by molar-refractivity contribution is 5.73. The molecular formula is C24H25F2N3O5. The van der Waals surface area contributed by atoms with Crippen molar-refractivity contribution in [3.63, 3.8) is 0 Å². The fourth-order valence-electron chi connectivity index (χ4n) is 3.15. The molecule has 0 amide bonds. The average Bonchev–Trinajstić information content (AvgIpc) is 2.83. The number of carbonyl (C=O) groups is 1. The summed E-state index contributed by atoms with van der Waals surface area (Å²) in [6.07, 6.45) is -1.30. The first-order chi connectivity index (χ1) is 16.3. The first-order valence-corrected chi connectivity index (χ1v) is 10.6. The summed E-state index contributed by atoms with van der Waals surface area (Å²) >= 11 is 0. The predicted molar refractivity (Wildman–Crippen MR) is 122 cm³/mol. The van der Waals surface area contributed by atoms with Gasteiger partial charge >= 0.3 is 5.97 Å². The minimum absolute atomic E-state index is 0.0494. The van der Waals surface area contributed by atoms with Crippen molar-refractivity contribution in [2.24, 2.45) is 5.73 Å². The van der Waals surface area contributed by atoms with Gasteiger partial charge in [0.2, 0.25) is 0 Å². The second-order valence-electron chi connectivity index (χ2n) is 7.32. The number of nitrogens with two attached hydrogens (primary N) is 1. The largest absolute Gasteiger partial charge is 0.479 e. The lowest BCUT2D eigenvalue weighted by Gasteiger charge is -2.15. The van der Waals surface area contributed by atoms with E-state index in [0.29, 0.717) is 23.9 Å². The van der Waals surface area contributed by atoms with Crippen LogP contribution in [-0.2, 0) is 11.3 Å². The number of aliphatic hydroxyl groups is 1. The number of rotatable bonds is 11. The Morgan fingerprint density at radius 3 is 2.56 bits per heavy atom. The number of pyridine rings is 1. The van der Waals surface area contributed by atoms with E-state index >= 15 is 0 Å². The van der Waals surface area contributed by atoms with Crippen LogP contribution in [0, 0.1) is 11.6 Å². The summed E-state index contributed by atoms with van der Waals surface area (Å²) in [6, 6.07) is 13.0. The molecule has 0 aliphatic heterocycles. The molecule has 1 aromatic heterocycles. The number of ether oxygens (including phenoxy) is 2. The molecule has 0 spiro atoms. The van der Waals surface area contributed by atoms with Crippen LogP contribution in [-0.4, -0.2) is 40.4 Å². The predicted octanol–water partition coefficient (Wildman–Crippen LogP) is 3.92. The number of hydrogen-bond donors (Lipinski definition) is 4. The number of benzene rings is 2. The molecule has 0 radical (unpaired) electrons. The summed E-state index contributed by atoms with van der Waals surface area (Å²) in [6.45, 7) is 2.05. The number of hydrogen-bond acceptors (Lipinski definition) is 7. The topological polar surface area (TPSA) is 127 Å². The zero-order valence-electron chi connectivity index (χ0n) is 18.4. The number of carboxylic acids is 1. The number of nitrogens with one attached hydrogen (secondary N) is 1. The smallest absolute Gasteiger partial charge is 0.344 e. The van der Waals surface area contributed by atoms with E-state index in [9.17, 15) is 13.6 Å². The van der Waals surface area contributed by atoms with Crippen molar-refractivity contribution in [2.45, 2.75) is 26.0 Å². The highest BCUT2D eigenvalue weighted by Gasteiger charge is 2.22. The van der Waals surface area contributed by atoms with Crippen LogP contribution < -0.4 is 20.5 Å². The summed E-state index contributed by atoms with van der Waals surface area (Å²) in [5.74, 6) is -4.64. The second kappa shape index (κ2) is 11.4. The van der Waals surface area contributed by atoms with Crippen molar-refractivity contribution < 1.29 is 33.3 Å². The Balaban J connectivity index is 1.99. The Morgan fingerprint density at radius 1 is 1.12 bits per heavy atom. The minimum atomic E-state index is -1.35. The van der Waals surface area contributed by atoms with Crippen LogP contribution in [0.3, 0.4) is 0 Å². The van der Waals surface area contributed by atoms with Gasteiger partial charge in [-0.3, -0.25) is 0 Å². The summed E-state index contributed by atoms with van der Waals surface area (Å²) in [5, 5.41) is 21.3. The lowest BCUT2D eigenvalue weighted by atomic mass is 10.0. The Bertz CT molecular complexity index is 1160. The average molecular weight is 473 g/mol. The van der Waals surface area contributed by atoms with E-state index < -0.39 is 35.5 Å². The molecule has 8 nitrogen and oxygen atoms in total. The van der Waals surface area contributed by atoms with Crippen molar-refractivity contribution >= 4 is 11.7 Å². The van der Waals surface area contributed by atoms with Crippen molar-refractivity contribution in [3.8, 4) is 28.6 Å². The molecule has 5 N–H and O–H groups in total. The number of carboxylic acid groups (broad SMARTS) is 1. The zero-order chi connectivity index (χ0) is 24.7. The maximum absolute atomic E-state index is 14.5. The third-order valence-corrected chi connectivity index (χ3v) is 4.82. The molecule has 0 aliphatic carbocycles. The number of aliphatic carboxylic acids is 1. The van der Waals surface area contributed by atoms with Crippen LogP contribution in [0.25, 0.3) is 11.1 Å². The van der Waals surface area contributed by atoms with Crippen LogP contribution in [0.2, 0.25) is 0 Å². The molecule has 34 heavy (non-hydrogen) atoms. The number of aliphatic hydroxyl groups excluding tert-OH is 1. The number of anilines is 1. The van der Waals surface area contributed by atoms with Gasteiger partial charge in [-0.25, -0.2) is 13.6 Å². The molecule has 0 saturated carbocycles. The third kappa shape index (κ3) is 6.18. The third-order valence-electron chi connectivity index (χ3n) is 4.82. The monoisotopic (exact) mass is 473 g/mol. The van der Waals surface area contributed by atoms with Gasteiger partial charge in [0.1, 0.15) is 5.75 Å². The maximum atomic E-state index is 14.5. The molecule has 10 heteroatoms. The van der Waals surface area contributed by atoms with Gasteiger partial charge < -0.3 is 30.7 Å². The molecule has 3 rings (SSSR count). The van der Waals surface area contributed by atoms with Crippen LogP contribution in [0.1, 0.15) is 18.9 Å². The minimum Gasteiger partial charge on any atom is -0.479 e. The highest BCUT2D eigenvalue weighted by atomic mass is 19.1. The van der Waals surface area contributed by atoms with Crippen molar-refractivity contribution in [2.75, 3.05) is 18.5 Å². The van der Waals surface area contributed by atoms with Gasteiger partial charge in [0, 0.05) is 30.9 Å². The SMILES string of the molecule is CC[C@@H](Oc1nc(Oc2cc(NCCO)cc(-c3cccc(CN)c3)c2)c(F)cc1F)C(=O)O. The summed E-state index contributed by atoms with van der Waals surface area (Å²) in [5.41, 5.74) is 8.76. The Morgan fingerprint density at radius 2 is 1.88 bits per heavy atom. The molecule has 0 unspecified atom stereocenters. The molecule has 1 atom stereocenters. The molecule has 1 heterocycles. The van der Waals surface area contributed by atoms with E-state index in [0.717, 1.165) is 11.1 Å². The normalized spacial score (nSPS) is 11.7. The van der Waals surface area contributed by atoms with E-state index in [1.807, 2.05) is 30.3 Å². The van der Waals surface area contributed by atoms with Gasteiger partial charge in [-0.1, -0.05) is 25.1 Å². The Hall–Kier alpha value is -3.76. The van der Waals surface area contributed by atoms with Gasteiger partial charge in [0.15, 0.2) is 17.7 Å². The summed E-state index contributed by atoms with van der Waals surface area (Å²) in [4.78, 5) is 14.9. The van der Waals surface area contributed by atoms with Gasteiger partial charge in [0.25, 0.3) is 11.8 Å². The maximum Gasteiger partial charge on any atom is 0.344 e. The Kier molecular flexibility index (Phi) is 8.34. The van der Waals surface area contributed by atoms with Crippen LogP contribution in [0.5, 0.6) is 17.5 Å². The van der Waals surface area contributed by atoms with E-state index in [4.69, 9.17) is 25.4 Å². The lowest BCUT2D eigenvalue weighted by molar-refractivity contribution is -0.145. The Labute approximate surface area is 195 Å². The van der Waals surface area contributed by atoms with Gasteiger partial charge in [-0.15, -0.1) is 0 Å². The standard InChI is InChI=1S/C24H25F2N3O5/c1-2-21(24(31)32)34-23-20(26)12-19(25)22(29-23)33-18-10-16(9-17(11-18)28-6-7-30)15-5-3-4-14(8-15)13-27/h3-5,8-12,21,28,30H,2,6-7,13,27H2,1H3,(H,31,32)/t21-/m1/s1. The number of nitrogens with zero attached hydrogens (tertiary/aromatic N) is 1. The first-order valence-electron chi connectivity index (χ1n) is 10.6. The summed E-state index contributed by atoms with van der Waals surface area (Å²) in [7, 11) is 0. The van der Waals surface area contributed by atoms with E-state index in [-0.39, 0.29) is 25.3 Å². The van der Waals surface area contributed by atoms with Crippen LogP contribution >= 0.6 is 0 Å². The van der Waals surface area contributed by atoms with Gasteiger partial charge in [0.05, 0.1) is 6.61 Å². The van der Waals surface area contributed by atoms with Crippen LogP contribution in [0.15, 0.2) is 48.5 Å². The summed E-state index contributed by atoms with van der Waals surface area (Å²) < 4.78 is 39.3. The van der Waals surface area contributed by atoms with Gasteiger partial charge in [-0.05, 0) is 41.3 Å². The van der Waals surface area contributed by atoms with Crippen molar-refractivity contribution in [1.29, 1.82) is 0 Å². The molecule has 0 bridgehead atoms. The van der Waals surface area contributed by atoms with E-state index in [2.05, 4.69) is 10.3 Å². The molecule has 3 aromatic rings. The van der Waals surface area contributed by atoms with Gasteiger partial charge in [-0.2, -0.15) is 4.98 Å².